The normalized spacial score (nSPS) is 16.0. The maximum Gasteiger partial charge on any atom is 0.336 e. The topological polar surface area (TPSA) is 139 Å². The second-order valence-electron chi connectivity index (χ2n) is 10.8. The average Bonchev–Trinajstić information content (AvgIpc) is 3.04. The number of aromatic nitrogens is 3. The monoisotopic (exact) mass is 605 g/mol. The van der Waals surface area contributed by atoms with Crippen molar-refractivity contribution in [3.05, 3.63) is 96.0 Å². The predicted octanol–water partition coefficient (Wildman–Crippen LogP) is 3.97. The van der Waals surface area contributed by atoms with Crippen LogP contribution in [0.25, 0.3) is 11.3 Å². The summed E-state index contributed by atoms with van der Waals surface area (Å²) in [4.78, 5) is 56.1. The fraction of sp³-hybridized carbons (Fsp3) is 0.212. The van der Waals surface area contributed by atoms with Gasteiger partial charge in [0.05, 0.1) is 11.3 Å². The van der Waals surface area contributed by atoms with Crippen LogP contribution in [0.2, 0.25) is 0 Å². The van der Waals surface area contributed by atoms with Crippen molar-refractivity contribution >= 4 is 35.2 Å². The van der Waals surface area contributed by atoms with Gasteiger partial charge in [-0.15, -0.1) is 0 Å². The van der Waals surface area contributed by atoms with Gasteiger partial charge in [0, 0.05) is 86.0 Å². The minimum atomic E-state index is -0.783. The molecule has 4 aromatic rings. The van der Waals surface area contributed by atoms with Gasteiger partial charge in [0.25, 0.3) is 5.91 Å². The Balaban J connectivity index is 1.26. The Kier molecular flexibility index (Phi) is 8.58. The number of hydrogen-bond acceptors (Lipinski definition) is 11. The number of rotatable bonds is 7. The molecule has 0 aliphatic carbocycles. The number of fused-ring (bicyclic) bond motifs is 1. The highest BCUT2D eigenvalue weighted by Gasteiger charge is 2.27. The number of carbonyl (C=O) groups excluding carboxylic acids is 3. The molecule has 0 unspecified atom stereocenters. The van der Waals surface area contributed by atoms with E-state index < -0.39 is 17.8 Å². The minimum Gasteiger partial charge on any atom is -0.419 e. The van der Waals surface area contributed by atoms with Gasteiger partial charge in [0.2, 0.25) is 5.95 Å². The third kappa shape index (κ3) is 7.03. The van der Waals surface area contributed by atoms with Crippen LogP contribution in [-0.4, -0.2) is 75.8 Å². The van der Waals surface area contributed by atoms with Crippen LogP contribution >= 0.6 is 0 Å². The van der Waals surface area contributed by atoms with Gasteiger partial charge < -0.3 is 25.0 Å². The molecular formula is C33H31N7O5. The summed E-state index contributed by atoms with van der Waals surface area (Å²) in [7, 11) is 2.07. The van der Waals surface area contributed by atoms with Crippen LogP contribution in [-0.2, 0) is 16.1 Å². The Morgan fingerprint density at radius 2 is 1.71 bits per heavy atom. The lowest BCUT2D eigenvalue weighted by Crippen LogP contribution is -2.43. The molecule has 12 heteroatoms. The van der Waals surface area contributed by atoms with Gasteiger partial charge in [-0.2, -0.15) is 0 Å². The van der Waals surface area contributed by atoms with Gasteiger partial charge in [0.1, 0.15) is 0 Å². The number of pyridine rings is 1. The van der Waals surface area contributed by atoms with Gasteiger partial charge in [0.15, 0.2) is 11.5 Å². The van der Waals surface area contributed by atoms with E-state index in [1.165, 1.54) is 0 Å². The number of carbonyl (C=O) groups is 3. The van der Waals surface area contributed by atoms with E-state index >= 15 is 0 Å². The van der Waals surface area contributed by atoms with E-state index in [0.717, 1.165) is 49.5 Å². The lowest BCUT2D eigenvalue weighted by molar-refractivity contribution is -0.133. The van der Waals surface area contributed by atoms with Crippen LogP contribution in [0, 0.1) is 6.92 Å². The molecule has 2 aliphatic rings. The number of likely N-dealkylation sites (N-methyl/N-ethyl adjacent to an activating group) is 1. The van der Waals surface area contributed by atoms with Crippen molar-refractivity contribution in [3.8, 4) is 22.8 Å². The average molecular weight is 606 g/mol. The number of amides is 1. The van der Waals surface area contributed by atoms with Crippen LogP contribution in [0.4, 0.5) is 17.3 Å². The van der Waals surface area contributed by atoms with E-state index in [4.69, 9.17) is 9.47 Å². The molecular weight excluding hydrogens is 574 g/mol. The van der Waals surface area contributed by atoms with Crippen molar-refractivity contribution in [1.82, 2.24) is 24.8 Å². The largest absolute Gasteiger partial charge is 0.419 e. The Bertz CT molecular complexity index is 1790. The number of nitrogens with zero attached hydrogens (tertiary/aromatic N) is 5. The summed E-state index contributed by atoms with van der Waals surface area (Å²) in [6.07, 6.45) is 7.06. The first-order chi connectivity index (χ1) is 21.8. The number of hydrogen-bond donors (Lipinski definition) is 2. The molecule has 1 fully saturated rings. The summed E-state index contributed by atoms with van der Waals surface area (Å²) in [5, 5.41) is 6.10. The summed E-state index contributed by atoms with van der Waals surface area (Å²) >= 11 is 0. The third-order valence-electron chi connectivity index (χ3n) is 7.54. The third-order valence-corrected chi connectivity index (χ3v) is 7.54. The number of benzene rings is 2. The standard InChI is InChI=1S/C33H31N7O5/c1-21-5-7-24(18-27(21)38-33-35-13-11-26(37-33)22-4-3-12-34-19-22)36-32(43)25-8-6-23(20-40-16-14-39(2)15-17-40)30-31(25)45-29(42)10-9-28(41)44-30/h3-13,18-19H,14-17,20H2,1-2H3,(H,36,43)(H,35,37,38)/b10-9+. The second-order valence-corrected chi connectivity index (χ2v) is 10.8. The van der Waals surface area contributed by atoms with Gasteiger partial charge in [-0.3, -0.25) is 14.7 Å². The smallest absolute Gasteiger partial charge is 0.336 e. The number of ether oxygens (including phenoxy) is 2. The van der Waals surface area contributed by atoms with Crippen LogP contribution in [0.15, 0.2) is 79.3 Å². The first kappa shape index (κ1) is 29.6. The lowest BCUT2D eigenvalue weighted by atomic mass is 10.1. The first-order valence-corrected chi connectivity index (χ1v) is 14.4. The quantitative estimate of drug-likeness (QED) is 0.234. The summed E-state index contributed by atoms with van der Waals surface area (Å²) in [6.45, 7) is 5.82. The van der Waals surface area contributed by atoms with Crippen molar-refractivity contribution in [2.24, 2.45) is 0 Å². The van der Waals surface area contributed by atoms with Gasteiger partial charge >= 0.3 is 11.9 Å². The molecule has 0 bridgehead atoms. The zero-order valence-electron chi connectivity index (χ0n) is 24.8. The van der Waals surface area contributed by atoms with Gasteiger partial charge in [-0.1, -0.05) is 12.1 Å². The van der Waals surface area contributed by atoms with E-state index in [9.17, 15) is 14.4 Å². The maximum atomic E-state index is 13.6. The molecule has 2 aromatic carbocycles. The first-order valence-electron chi connectivity index (χ1n) is 14.4. The Labute approximate surface area is 259 Å². The Hall–Kier alpha value is -5.46. The fourth-order valence-corrected chi connectivity index (χ4v) is 5.02. The summed E-state index contributed by atoms with van der Waals surface area (Å²) in [6, 6.07) is 14.2. The number of esters is 2. The summed E-state index contributed by atoms with van der Waals surface area (Å²) < 4.78 is 11.2. The van der Waals surface area contributed by atoms with E-state index in [2.05, 4.69) is 42.4 Å². The lowest BCUT2D eigenvalue weighted by Gasteiger charge is -2.32. The van der Waals surface area contributed by atoms with Crippen molar-refractivity contribution < 1.29 is 23.9 Å². The van der Waals surface area contributed by atoms with Crippen LogP contribution in [0.5, 0.6) is 11.5 Å². The molecule has 2 aromatic heterocycles. The Morgan fingerprint density at radius 1 is 0.933 bits per heavy atom. The molecule has 2 N–H and O–H groups in total. The molecule has 12 nitrogen and oxygen atoms in total. The van der Waals surface area contributed by atoms with E-state index in [-0.39, 0.29) is 17.1 Å². The van der Waals surface area contributed by atoms with Crippen LogP contribution in [0.3, 0.4) is 0 Å². The highest BCUT2D eigenvalue weighted by molar-refractivity contribution is 6.08. The van der Waals surface area contributed by atoms with Gasteiger partial charge in [-0.05, 0) is 55.9 Å². The second kappa shape index (κ2) is 13.0. The summed E-state index contributed by atoms with van der Waals surface area (Å²) in [5.74, 6) is -1.73. The molecule has 0 radical (unpaired) electrons. The Morgan fingerprint density at radius 3 is 2.47 bits per heavy atom. The number of aryl methyl sites for hydroxylation is 1. The zero-order valence-corrected chi connectivity index (χ0v) is 24.8. The van der Waals surface area contributed by atoms with Crippen LogP contribution < -0.4 is 20.1 Å². The van der Waals surface area contributed by atoms with Gasteiger partial charge in [-0.25, -0.2) is 19.6 Å². The molecule has 1 saturated heterocycles. The van der Waals surface area contributed by atoms with E-state index in [1.807, 2.05) is 25.1 Å². The summed E-state index contributed by atoms with van der Waals surface area (Å²) in [5.41, 5.74) is 4.30. The molecule has 6 rings (SSSR count). The zero-order chi connectivity index (χ0) is 31.3. The minimum absolute atomic E-state index is 0.0474. The highest BCUT2D eigenvalue weighted by Crippen LogP contribution is 2.38. The van der Waals surface area contributed by atoms with E-state index in [1.54, 1.807) is 48.9 Å². The van der Waals surface area contributed by atoms with Crippen molar-refractivity contribution in [3.63, 3.8) is 0 Å². The molecule has 45 heavy (non-hydrogen) atoms. The molecule has 0 spiro atoms. The van der Waals surface area contributed by atoms with Crippen LogP contribution in [0.1, 0.15) is 21.5 Å². The number of anilines is 3. The molecule has 4 heterocycles. The molecule has 228 valence electrons. The van der Waals surface area contributed by atoms with Crippen molar-refractivity contribution in [2.45, 2.75) is 13.5 Å². The molecule has 0 atom stereocenters. The predicted molar refractivity (Wildman–Crippen MR) is 167 cm³/mol. The maximum absolute atomic E-state index is 13.6. The fourth-order valence-electron chi connectivity index (χ4n) is 5.02. The molecule has 0 saturated carbocycles. The highest BCUT2D eigenvalue weighted by atomic mass is 16.6. The van der Waals surface area contributed by atoms with Crippen molar-refractivity contribution in [2.75, 3.05) is 43.9 Å². The SMILES string of the molecule is Cc1ccc(NC(=O)c2ccc(CN3CCN(C)CC3)c3c2OC(=O)/C=C/C(=O)O3)cc1Nc1nccc(-c2cccnc2)n1. The number of nitrogens with one attached hydrogen (secondary N) is 2. The number of piperazine rings is 1. The van der Waals surface area contributed by atoms with Crippen molar-refractivity contribution in [1.29, 1.82) is 0 Å². The molecule has 2 aliphatic heterocycles. The van der Waals surface area contributed by atoms with E-state index in [0.29, 0.717) is 35.1 Å². The molecule has 1 amide bonds.